The number of anilines is 1. The van der Waals surface area contributed by atoms with Crippen molar-refractivity contribution in [2.75, 3.05) is 18.6 Å². The van der Waals surface area contributed by atoms with Gasteiger partial charge in [0.15, 0.2) is 0 Å². The summed E-state index contributed by atoms with van der Waals surface area (Å²) in [6.07, 6.45) is 2.03. The van der Waals surface area contributed by atoms with E-state index in [2.05, 4.69) is 10.6 Å². The Morgan fingerprint density at radius 3 is 2.80 bits per heavy atom. The van der Waals surface area contributed by atoms with Gasteiger partial charge >= 0.3 is 0 Å². The van der Waals surface area contributed by atoms with Gasteiger partial charge in [-0.2, -0.15) is 0 Å². The molecule has 0 spiro atoms. The van der Waals surface area contributed by atoms with Crippen molar-refractivity contribution in [3.05, 3.63) is 24.3 Å². The number of likely N-dealkylation sites (N-methyl/N-ethyl adjacent to an activating group) is 1. The van der Waals surface area contributed by atoms with Crippen LogP contribution in [0.25, 0.3) is 0 Å². The van der Waals surface area contributed by atoms with Crippen LogP contribution >= 0.6 is 11.8 Å². The van der Waals surface area contributed by atoms with Crippen molar-refractivity contribution in [2.45, 2.75) is 17.9 Å². The maximum atomic E-state index is 11.3. The summed E-state index contributed by atoms with van der Waals surface area (Å²) in [5.74, 6) is -0.00967. The van der Waals surface area contributed by atoms with Crippen LogP contribution in [0.4, 0.5) is 5.69 Å². The maximum absolute atomic E-state index is 11.3. The van der Waals surface area contributed by atoms with Crippen molar-refractivity contribution in [1.82, 2.24) is 5.32 Å². The number of hydrogen-bond acceptors (Lipinski definition) is 3. The fraction of sp³-hybridized carbons (Fsp3) is 0.364. The van der Waals surface area contributed by atoms with Gasteiger partial charge in [0.05, 0.1) is 0 Å². The quantitative estimate of drug-likeness (QED) is 0.768. The second-order valence-electron chi connectivity index (χ2n) is 3.21. The van der Waals surface area contributed by atoms with Gasteiger partial charge in [0.1, 0.15) is 6.04 Å². The average Bonchev–Trinajstić information content (AvgIpc) is 2.28. The summed E-state index contributed by atoms with van der Waals surface area (Å²) in [6.45, 7) is 1.84. The van der Waals surface area contributed by atoms with Crippen LogP contribution in [-0.4, -0.2) is 25.3 Å². The summed E-state index contributed by atoms with van der Waals surface area (Å²) in [5, 5.41) is 5.75. The van der Waals surface area contributed by atoms with Crippen LogP contribution in [0, 0.1) is 0 Å². The highest BCUT2D eigenvalue weighted by atomic mass is 32.2. The number of carbonyl (C=O) groups excluding carboxylic acids is 1. The summed E-state index contributed by atoms with van der Waals surface area (Å²) in [5.41, 5.74) is 0.970. The number of nitrogens with one attached hydrogen (secondary N) is 2. The molecule has 0 saturated carbocycles. The maximum Gasteiger partial charge on any atom is 0.241 e. The van der Waals surface area contributed by atoms with Gasteiger partial charge in [-0.1, -0.05) is 6.07 Å². The molecule has 0 aliphatic carbocycles. The molecule has 0 radical (unpaired) electrons. The van der Waals surface area contributed by atoms with Crippen LogP contribution in [0.1, 0.15) is 6.92 Å². The zero-order chi connectivity index (χ0) is 11.3. The summed E-state index contributed by atoms with van der Waals surface area (Å²) < 4.78 is 0. The minimum absolute atomic E-state index is 0.00967. The van der Waals surface area contributed by atoms with E-state index in [1.807, 2.05) is 37.4 Å². The lowest BCUT2D eigenvalue weighted by Gasteiger charge is -2.13. The van der Waals surface area contributed by atoms with Crippen molar-refractivity contribution in [3.63, 3.8) is 0 Å². The Morgan fingerprint density at radius 2 is 2.20 bits per heavy atom. The van der Waals surface area contributed by atoms with E-state index in [4.69, 9.17) is 0 Å². The Kier molecular flexibility index (Phi) is 4.49. The molecule has 0 bridgehead atoms. The van der Waals surface area contributed by atoms with Crippen molar-refractivity contribution >= 4 is 23.4 Å². The highest BCUT2D eigenvalue weighted by Crippen LogP contribution is 2.19. The van der Waals surface area contributed by atoms with E-state index in [1.54, 1.807) is 18.8 Å². The zero-order valence-electron chi connectivity index (χ0n) is 9.20. The van der Waals surface area contributed by atoms with Crippen LogP contribution < -0.4 is 10.6 Å². The smallest absolute Gasteiger partial charge is 0.241 e. The standard InChI is InChI=1S/C11H16N2OS/c1-8(11(14)12-2)13-9-5-4-6-10(7-9)15-3/h4-8,13H,1-3H3,(H,12,14). The van der Waals surface area contributed by atoms with Crippen molar-refractivity contribution in [1.29, 1.82) is 0 Å². The SMILES string of the molecule is CNC(=O)C(C)Nc1cccc(SC)c1. The van der Waals surface area contributed by atoms with Crippen LogP contribution in [0.3, 0.4) is 0 Å². The molecule has 3 nitrogen and oxygen atoms in total. The molecule has 0 saturated heterocycles. The fourth-order valence-corrected chi connectivity index (χ4v) is 1.70. The lowest BCUT2D eigenvalue weighted by atomic mass is 10.2. The number of amides is 1. The predicted molar refractivity (Wildman–Crippen MR) is 65.4 cm³/mol. The van der Waals surface area contributed by atoms with E-state index in [9.17, 15) is 4.79 Å². The molecule has 82 valence electrons. The summed E-state index contributed by atoms with van der Waals surface area (Å²) in [7, 11) is 1.64. The first-order valence-corrected chi connectivity index (χ1v) is 6.02. The molecule has 0 aliphatic rings. The lowest BCUT2D eigenvalue weighted by Crippen LogP contribution is -2.35. The minimum Gasteiger partial charge on any atom is -0.374 e. The molecule has 4 heteroatoms. The molecule has 2 N–H and O–H groups in total. The third-order valence-corrected chi connectivity index (χ3v) is 2.82. The Morgan fingerprint density at radius 1 is 1.47 bits per heavy atom. The highest BCUT2D eigenvalue weighted by Gasteiger charge is 2.09. The van der Waals surface area contributed by atoms with E-state index < -0.39 is 0 Å². The molecule has 15 heavy (non-hydrogen) atoms. The van der Waals surface area contributed by atoms with Crippen LogP contribution in [0.2, 0.25) is 0 Å². The average molecular weight is 224 g/mol. The Labute approximate surface area is 94.6 Å². The molecular weight excluding hydrogens is 208 g/mol. The normalized spacial score (nSPS) is 11.9. The number of hydrogen-bond donors (Lipinski definition) is 2. The molecule has 0 fully saturated rings. The van der Waals surface area contributed by atoms with Crippen LogP contribution in [-0.2, 0) is 4.79 Å². The molecule has 1 aromatic rings. The third-order valence-electron chi connectivity index (χ3n) is 2.09. The molecule has 1 aromatic carbocycles. The highest BCUT2D eigenvalue weighted by molar-refractivity contribution is 7.98. The number of thioether (sulfide) groups is 1. The van der Waals surface area contributed by atoms with Gasteiger partial charge < -0.3 is 10.6 Å². The number of carbonyl (C=O) groups is 1. The summed E-state index contributed by atoms with van der Waals surface area (Å²) >= 11 is 1.68. The first kappa shape index (κ1) is 11.9. The van der Waals surface area contributed by atoms with E-state index in [1.165, 1.54) is 4.90 Å². The molecule has 0 aliphatic heterocycles. The van der Waals surface area contributed by atoms with Gasteiger partial charge in [0, 0.05) is 17.6 Å². The van der Waals surface area contributed by atoms with Gasteiger partial charge in [-0.05, 0) is 31.4 Å². The first-order valence-electron chi connectivity index (χ1n) is 4.79. The van der Waals surface area contributed by atoms with E-state index >= 15 is 0 Å². The van der Waals surface area contributed by atoms with Gasteiger partial charge in [-0.25, -0.2) is 0 Å². The van der Waals surface area contributed by atoms with Gasteiger partial charge in [-0.15, -0.1) is 11.8 Å². The fourth-order valence-electron chi connectivity index (χ4n) is 1.24. The Hall–Kier alpha value is -1.16. The summed E-state index contributed by atoms with van der Waals surface area (Å²) in [6, 6.07) is 7.79. The largest absolute Gasteiger partial charge is 0.374 e. The zero-order valence-corrected chi connectivity index (χ0v) is 10.0. The molecule has 1 unspecified atom stereocenters. The van der Waals surface area contributed by atoms with E-state index in [0.717, 1.165) is 5.69 Å². The van der Waals surface area contributed by atoms with Crippen LogP contribution in [0.5, 0.6) is 0 Å². The molecule has 1 rings (SSSR count). The van der Waals surface area contributed by atoms with Crippen LogP contribution in [0.15, 0.2) is 29.2 Å². The summed E-state index contributed by atoms with van der Waals surface area (Å²) in [4.78, 5) is 12.5. The molecule has 1 amide bonds. The topological polar surface area (TPSA) is 41.1 Å². The lowest BCUT2D eigenvalue weighted by molar-refractivity contribution is -0.121. The minimum atomic E-state index is -0.216. The van der Waals surface area contributed by atoms with Gasteiger partial charge in [0.2, 0.25) is 5.91 Å². The van der Waals surface area contributed by atoms with E-state index in [-0.39, 0.29) is 11.9 Å². The second-order valence-corrected chi connectivity index (χ2v) is 4.09. The van der Waals surface area contributed by atoms with Crippen molar-refractivity contribution < 1.29 is 4.79 Å². The van der Waals surface area contributed by atoms with E-state index in [0.29, 0.717) is 0 Å². The monoisotopic (exact) mass is 224 g/mol. The second kappa shape index (κ2) is 5.66. The van der Waals surface area contributed by atoms with Crippen molar-refractivity contribution in [3.8, 4) is 0 Å². The Bertz CT molecular complexity index is 341. The molecule has 0 heterocycles. The predicted octanol–water partition coefficient (Wildman–Crippen LogP) is 1.95. The molecule has 0 aromatic heterocycles. The first-order chi connectivity index (χ1) is 7.17. The number of rotatable bonds is 4. The molecular formula is C11H16N2OS. The third kappa shape index (κ3) is 3.47. The van der Waals surface area contributed by atoms with Crippen molar-refractivity contribution in [2.24, 2.45) is 0 Å². The Balaban J connectivity index is 2.67. The van der Waals surface area contributed by atoms with Gasteiger partial charge in [0.25, 0.3) is 0 Å². The number of benzene rings is 1. The molecule has 1 atom stereocenters. The van der Waals surface area contributed by atoms with Gasteiger partial charge in [-0.3, -0.25) is 4.79 Å².